The van der Waals surface area contributed by atoms with E-state index in [-0.39, 0.29) is 11.9 Å². The molecule has 0 spiro atoms. The molecule has 2 aromatic rings. The summed E-state index contributed by atoms with van der Waals surface area (Å²) < 4.78 is 0. The van der Waals surface area contributed by atoms with Gasteiger partial charge in [-0.05, 0) is 25.8 Å². The molecule has 130 valence electrons. The molecule has 0 radical (unpaired) electrons. The third-order valence-electron chi connectivity index (χ3n) is 4.18. The number of carbonyl (C=O) groups is 1. The van der Waals surface area contributed by atoms with Crippen LogP contribution in [0.1, 0.15) is 45.7 Å². The molecule has 1 unspecified atom stereocenters. The van der Waals surface area contributed by atoms with Gasteiger partial charge in [0.25, 0.3) is 0 Å². The second kappa shape index (κ2) is 9.19. The minimum atomic E-state index is 0.161. The molecular weight excluding hydrogens is 340 g/mol. The Kier molecular flexibility index (Phi) is 7.25. The molecule has 1 aromatic carbocycles. The maximum absolute atomic E-state index is 12.7. The van der Waals surface area contributed by atoms with Gasteiger partial charge in [0.05, 0.1) is 17.1 Å². The Balaban J connectivity index is 2.10. The second-order valence-corrected chi connectivity index (χ2v) is 7.26. The van der Waals surface area contributed by atoms with Crippen molar-refractivity contribution in [1.82, 2.24) is 9.88 Å². The van der Waals surface area contributed by atoms with Crippen LogP contribution in [0.3, 0.4) is 0 Å². The average Bonchev–Trinajstić information content (AvgIpc) is 3.03. The van der Waals surface area contributed by atoms with Gasteiger partial charge in [-0.2, -0.15) is 0 Å². The van der Waals surface area contributed by atoms with Gasteiger partial charge < -0.3 is 4.90 Å². The maximum atomic E-state index is 12.7. The van der Waals surface area contributed by atoms with Crippen molar-refractivity contribution < 1.29 is 4.79 Å². The van der Waals surface area contributed by atoms with Crippen molar-refractivity contribution in [3.8, 4) is 10.6 Å². The zero-order chi connectivity index (χ0) is 17.5. The third kappa shape index (κ3) is 4.81. The molecule has 24 heavy (non-hydrogen) atoms. The molecule has 0 saturated heterocycles. The Morgan fingerprint density at radius 1 is 1.33 bits per heavy atom. The van der Waals surface area contributed by atoms with Crippen LogP contribution in [0.25, 0.3) is 10.6 Å². The summed E-state index contributed by atoms with van der Waals surface area (Å²) in [5.41, 5.74) is 1.75. The molecule has 0 bridgehead atoms. The number of unbranched alkanes of at least 4 members (excludes halogenated alkanes) is 1. The number of carbonyl (C=O) groups excluding carboxylic acids is 1. The van der Waals surface area contributed by atoms with Gasteiger partial charge in [-0.3, -0.25) is 4.79 Å². The Morgan fingerprint density at radius 3 is 2.75 bits per heavy atom. The van der Waals surface area contributed by atoms with Gasteiger partial charge in [0.1, 0.15) is 5.01 Å². The monoisotopic (exact) mass is 364 g/mol. The Bertz CT molecular complexity index is 671. The van der Waals surface area contributed by atoms with E-state index in [4.69, 9.17) is 11.6 Å². The smallest absolute Gasteiger partial charge is 0.228 e. The summed E-state index contributed by atoms with van der Waals surface area (Å²) >= 11 is 7.77. The highest BCUT2D eigenvalue weighted by molar-refractivity contribution is 7.13. The van der Waals surface area contributed by atoms with Crippen LogP contribution in [0, 0.1) is 0 Å². The summed E-state index contributed by atoms with van der Waals surface area (Å²) in [5, 5.41) is 3.52. The summed E-state index contributed by atoms with van der Waals surface area (Å²) in [6.07, 6.45) is 3.46. The van der Waals surface area contributed by atoms with Crippen LogP contribution >= 0.6 is 22.9 Å². The molecule has 5 heteroatoms. The van der Waals surface area contributed by atoms with Crippen molar-refractivity contribution in [1.29, 1.82) is 0 Å². The van der Waals surface area contributed by atoms with Gasteiger partial charge in [0.2, 0.25) is 5.91 Å². The SMILES string of the molecule is CCCCN(C(=O)Cc1csc(-c2ccccc2Cl)n1)C(C)CC. The molecule has 1 amide bonds. The first-order valence-corrected chi connectivity index (χ1v) is 9.81. The van der Waals surface area contributed by atoms with Crippen molar-refractivity contribution in [3.05, 3.63) is 40.4 Å². The van der Waals surface area contributed by atoms with Crippen LogP contribution in [0.2, 0.25) is 5.02 Å². The fourth-order valence-corrected chi connectivity index (χ4v) is 3.68. The van der Waals surface area contributed by atoms with Gasteiger partial charge in [0, 0.05) is 23.5 Å². The highest BCUT2D eigenvalue weighted by atomic mass is 35.5. The van der Waals surface area contributed by atoms with Crippen LogP contribution in [-0.2, 0) is 11.2 Å². The molecule has 3 nitrogen and oxygen atoms in total. The molecule has 1 atom stereocenters. The van der Waals surface area contributed by atoms with E-state index in [1.807, 2.05) is 34.5 Å². The van der Waals surface area contributed by atoms with E-state index >= 15 is 0 Å². The standard InChI is InChI=1S/C19H25ClN2OS/c1-4-6-11-22(14(3)5-2)18(23)12-15-13-24-19(21-15)16-9-7-8-10-17(16)20/h7-10,13-14H,4-6,11-12H2,1-3H3. The number of hydrogen-bond donors (Lipinski definition) is 0. The zero-order valence-corrected chi connectivity index (χ0v) is 16.2. The molecule has 0 saturated carbocycles. The summed E-state index contributed by atoms with van der Waals surface area (Å²) in [7, 11) is 0. The van der Waals surface area contributed by atoms with E-state index in [0.717, 1.165) is 42.1 Å². The lowest BCUT2D eigenvalue weighted by Gasteiger charge is -2.28. The minimum Gasteiger partial charge on any atom is -0.340 e. The van der Waals surface area contributed by atoms with Crippen molar-refractivity contribution in [2.24, 2.45) is 0 Å². The molecule has 1 heterocycles. The van der Waals surface area contributed by atoms with Crippen LogP contribution in [0.15, 0.2) is 29.6 Å². The molecular formula is C19H25ClN2OS. The molecule has 2 rings (SSSR count). The van der Waals surface area contributed by atoms with E-state index < -0.39 is 0 Å². The average molecular weight is 365 g/mol. The van der Waals surface area contributed by atoms with E-state index in [9.17, 15) is 4.79 Å². The molecule has 0 N–H and O–H groups in total. The Labute approximate surface area is 153 Å². The van der Waals surface area contributed by atoms with Gasteiger partial charge in [0.15, 0.2) is 0 Å². The number of halogens is 1. The molecule has 1 aromatic heterocycles. The van der Waals surface area contributed by atoms with E-state index in [1.165, 1.54) is 11.3 Å². The zero-order valence-electron chi connectivity index (χ0n) is 14.6. The van der Waals surface area contributed by atoms with Gasteiger partial charge in [-0.25, -0.2) is 4.98 Å². The first-order valence-electron chi connectivity index (χ1n) is 8.55. The fraction of sp³-hybridized carbons (Fsp3) is 0.474. The van der Waals surface area contributed by atoms with Crippen LogP contribution < -0.4 is 0 Å². The number of aromatic nitrogens is 1. The number of thiazole rings is 1. The van der Waals surface area contributed by atoms with Crippen molar-refractivity contribution in [3.63, 3.8) is 0 Å². The highest BCUT2D eigenvalue weighted by Crippen LogP contribution is 2.30. The Morgan fingerprint density at radius 2 is 2.08 bits per heavy atom. The summed E-state index contributed by atoms with van der Waals surface area (Å²) in [5.74, 6) is 0.161. The molecule has 0 aliphatic carbocycles. The number of amides is 1. The topological polar surface area (TPSA) is 33.2 Å². The first-order chi connectivity index (χ1) is 11.6. The largest absolute Gasteiger partial charge is 0.340 e. The normalized spacial score (nSPS) is 12.2. The molecule has 0 aliphatic rings. The van der Waals surface area contributed by atoms with Crippen molar-refractivity contribution in [2.75, 3.05) is 6.54 Å². The quantitative estimate of drug-likeness (QED) is 0.625. The molecule has 0 fully saturated rings. The summed E-state index contributed by atoms with van der Waals surface area (Å²) in [6.45, 7) is 7.21. The lowest BCUT2D eigenvalue weighted by Crippen LogP contribution is -2.40. The van der Waals surface area contributed by atoms with Gasteiger partial charge in [-0.1, -0.05) is 50.1 Å². The van der Waals surface area contributed by atoms with E-state index in [1.54, 1.807) is 0 Å². The number of nitrogens with zero attached hydrogens (tertiary/aromatic N) is 2. The maximum Gasteiger partial charge on any atom is 0.228 e. The lowest BCUT2D eigenvalue weighted by molar-refractivity contribution is -0.132. The lowest BCUT2D eigenvalue weighted by atomic mass is 10.1. The fourth-order valence-electron chi connectivity index (χ4n) is 2.54. The molecule has 0 aliphatic heterocycles. The second-order valence-electron chi connectivity index (χ2n) is 6.00. The number of rotatable bonds is 8. The van der Waals surface area contributed by atoms with Crippen LogP contribution in [-0.4, -0.2) is 28.4 Å². The van der Waals surface area contributed by atoms with Crippen molar-refractivity contribution >= 4 is 28.8 Å². The predicted molar refractivity (Wildman–Crippen MR) is 103 cm³/mol. The third-order valence-corrected chi connectivity index (χ3v) is 5.44. The van der Waals surface area contributed by atoms with E-state index in [2.05, 4.69) is 25.8 Å². The number of benzene rings is 1. The predicted octanol–water partition coefficient (Wildman–Crippen LogP) is 5.43. The van der Waals surface area contributed by atoms with E-state index in [0.29, 0.717) is 11.4 Å². The van der Waals surface area contributed by atoms with Gasteiger partial charge in [-0.15, -0.1) is 11.3 Å². The van der Waals surface area contributed by atoms with Crippen LogP contribution in [0.5, 0.6) is 0 Å². The van der Waals surface area contributed by atoms with Crippen molar-refractivity contribution in [2.45, 2.75) is 52.5 Å². The minimum absolute atomic E-state index is 0.161. The van der Waals surface area contributed by atoms with Crippen LogP contribution in [0.4, 0.5) is 0 Å². The summed E-state index contributed by atoms with van der Waals surface area (Å²) in [4.78, 5) is 19.3. The first kappa shape index (κ1) is 18.9. The number of hydrogen-bond acceptors (Lipinski definition) is 3. The highest BCUT2D eigenvalue weighted by Gasteiger charge is 2.20. The summed E-state index contributed by atoms with van der Waals surface area (Å²) in [6, 6.07) is 7.94. The van der Waals surface area contributed by atoms with Gasteiger partial charge >= 0.3 is 0 Å². The Hall–Kier alpha value is -1.39.